The molecule has 7 nitrogen and oxygen atoms in total. The van der Waals surface area contributed by atoms with E-state index in [9.17, 15) is 8.42 Å². The quantitative estimate of drug-likeness (QED) is 0.688. The number of sulfonamides is 1. The molecule has 0 spiro atoms. The summed E-state index contributed by atoms with van der Waals surface area (Å²) in [7, 11) is -3.66. The molecule has 3 aromatic heterocycles. The average Bonchev–Trinajstić information content (AvgIpc) is 3.20. The summed E-state index contributed by atoms with van der Waals surface area (Å²) in [5.74, 6) is 0. The zero-order valence-electron chi connectivity index (χ0n) is 12.9. The van der Waals surface area contributed by atoms with Crippen LogP contribution in [0.3, 0.4) is 0 Å². The Morgan fingerprint density at radius 1 is 1.30 bits per heavy atom. The highest BCUT2D eigenvalue weighted by Gasteiger charge is 2.25. The third-order valence-electron chi connectivity index (χ3n) is 3.64. The molecular weight excluding hydrogens is 318 g/mol. The van der Waals surface area contributed by atoms with Crippen molar-refractivity contribution in [2.45, 2.75) is 31.7 Å². The van der Waals surface area contributed by atoms with Crippen LogP contribution < -0.4 is 0 Å². The Balaban J connectivity index is 2.00. The summed E-state index contributed by atoms with van der Waals surface area (Å²) in [5, 5.41) is 4.54. The molecule has 0 N–H and O–H groups in total. The zero-order chi connectivity index (χ0) is 16.4. The molecule has 3 rings (SSSR count). The van der Waals surface area contributed by atoms with Crippen LogP contribution >= 0.6 is 0 Å². The number of pyridine rings is 1. The number of aromatic nitrogens is 2. The minimum atomic E-state index is -3.66. The molecule has 0 fully saturated rings. The fourth-order valence-corrected chi connectivity index (χ4v) is 3.77. The van der Waals surface area contributed by atoms with Gasteiger partial charge in [0.05, 0.1) is 29.8 Å². The van der Waals surface area contributed by atoms with Crippen molar-refractivity contribution < 1.29 is 17.4 Å². The molecule has 0 saturated carbocycles. The normalized spacial score (nSPS) is 12.3. The standard InChI is InChI=1S/C15H17N3O4S/c1-3-14-13-7-12(8-16-15(13)22-17-14)23(19,20)18(4-2)9-11-5-6-21-10-11/h5-8,10H,3-4,9H2,1-2H3. The summed E-state index contributed by atoms with van der Waals surface area (Å²) in [5.41, 5.74) is 1.84. The predicted molar refractivity (Wildman–Crippen MR) is 83.2 cm³/mol. The van der Waals surface area contributed by atoms with Crippen molar-refractivity contribution in [3.05, 3.63) is 42.1 Å². The first-order valence-electron chi connectivity index (χ1n) is 7.31. The molecule has 3 heterocycles. The Morgan fingerprint density at radius 3 is 2.78 bits per heavy atom. The molecule has 0 atom stereocenters. The fourth-order valence-electron chi connectivity index (χ4n) is 2.36. The van der Waals surface area contributed by atoms with Gasteiger partial charge in [0.25, 0.3) is 5.71 Å². The van der Waals surface area contributed by atoms with Crippen LogP contribution in [0.15, 0.2) is 44.7 Å². The second-order valence-corrected chi connectivity index (χ2v) is 7.01. The number of hydrogen-bond acceptors (Lipinski definition) is 6. The van der Waals surface area contributed by atoms with E-state index >= 15 is 0 Å². The lowest BCUT2D eigenvalue weighted by molar-refractivity contribution is 0.420. The van der Waals surface area contributed by atoms with Gasteiger partial charge in [-0.2, -0.15) is 4.31 Å². The van der Waals surface area contributed by atoms with Gasteiger partial charge in [-0.15, -0.1) is 0 Å². The van der Waals surface area contributed by atoms with Crippen molar-refractivity contribution in [3.8, 4) is 0 Å². The summed E-state index contributed by atoms with van der Waals surface area (Å²) in [6, 6.07) is 3.32. The van der Waals surface area contributed by atoms with Crippen molar-refractivity contribution in [1.82, 2.24) is 14.4 Å². The SMILES string of the molecule is CCc1noc2ncc(S(=O)(=O)N(CC)Cc3ccoc3)cc12. The Hall–Kier alpha value is -2.19. The molecule has 0 aromatic carbocycles. The molecule has 0 aliphatic heterocycles. The van der Waals surface area contributed by atoms with E-state index in [1.54, 1.807) is 19.1 Å². The topological polar surface area (TPSA) is 89.4 Å². The molecule has 8 heteroatoms. The van der Waals surface area contributed by atoms with E-state index < -0.39 is 10.0 Å². The minimum absolute atomic E-state index is 0.133. The van der Waals surface area contributed by atoms with E-state index in [1.807, 2.05) is 6.92 Å². The van der Waals surface area contributed by atoms with E-state index in [2.05, 4.69) is 10.1 Å². The van der Waals surface area contributed by atoms with Gasteiger partial charge >= 0.3 is 0 Å². The summed E-state index contributed by atoms with van der Waals surface area (Å²) in [6.07, 6.45) is 5.01. The highest BCUT2D eigenvalue weighted by atomic mass is 32.2. The number of furan rings is 1. The maximum absolute atomic E-state index is 12.9. The summed E-state index contributed by atoms with van der Waals surface area (Å²) in [6.45, 7) is 4.31. The lowest BCUT2D eigenvalue weighted by atomic mass is 10.2. The van der Waals surface area contributed by atoms with Gasteiger partial charge in [0, 0.05) is 18.7 Å². The highest BCUT2D eigenvalue weighted by molar-refractivity contribution is 7.89. The van der Waals surface area contributed by atoms with E-state index in [0.717, 1.165) is 5.56 Å². The van der Waals surface area contributed by atoms with Crippen LogP contribution in [0.2, 0.25) is 0 Å². The van der Waals surface area contributed by atoms with E-state index in [4.69, 9.17) is 8.94 Å². The monoisotopic (exact) mass is 335 g/mol. The van der Waals surface area contributed by atoms with E-state index in [1.165, 1.54) is 23.0 Å². The number of rotatable bonds is 6. The van der Waals surface area contributed by atoms with Crippen LogP contribution in [0.1, 0.15) is 25.1 Å². The van der Waals surface area contributed by atoms with Crippen LogP contribution in [-0.4, -0.2) is 29.4 Å². The Morgan fingerprint density at radius 2 is 2.13 bits per heavy atom. The number of fused-ring (bicyclic) bond motifs is 1. The molecule has 0 aliphatic carbocycles. The summed E-state index contributed by atoms with van der Waals surface area (Å²) >= 11 is 0. The number of nitrogens with zero attached hydrogens (tertiary/aromatic N) is 3. The van der Waals surface area contributed by atoms with Gasteiger partial charge in [0.1, 0.15) is 4.90 Å². The maximum Gasteiger partial charge on any atom is 0.258 e. The molecule has 0 aliphatic rings. The molecule has 0 saturated heterocycles. The smallest absolute Gasteiger partial charge is 0.258 e. The first-order chi connectivity index (χ1) is 11.1. The van der Waals surface area contributed by atoms with Crippen LogP contribution in [0.5, 0.6) is 0 Å². The Bertz CT molecular complexity index is 900. The van der Waals surface area contributed by atoms with Crippen LogP contribution in [0.4, 0.5) is 0 Å². The van der Waals surface area contributed by atoms with E-state index in [0.29, 0.717) is 29.8 Å². The molecule has 3 aromatic rings. The van der Waals surface area contributed by atoms with Crippen molar-refractivity contribution in [2.24, 2.45) is 0 Å². The van der Waals surface area contributed by atoms with Crippen LogP contribution in [0, 0.1) is 0 Å². The average molecular weight is 335 g/mol. The molecule has 0 unspecified atom stereocenters. The molecule has 23 heavy (non-hydrogen) atoms. The predicted octanol–water partition coefficient (Wildman–Crippen LogP) is 2.59. The molecule has 0 bridgehead atoms. The summed E-state index contributed by atoms with van der Waals surface area (Å²) < 4.78 is 37.2. The largest absolute Gasteiger partial charge is 0.472 e. The van der Waals surface area contributed by atoms with Crippen molar-refractivity contribution in [1.29, 1.82) is 0 Å². The number of aryl methyl sites for hydroxylation is 1. The minimum Gasteiger partial charge on any atom is -0.472 e. The van der Waals surface area contributed by atoms with Gasteiger partial charge in [0.15, 0.2) is 0 Å². The first-order valence-corrected chi connectivity index (χ1v) is 8.75. The van der Waals surface area contributed by atoms with Crippen LogP contribution in [0.25, 0.3) is 11.1 Å². The second kappa shape index (κ2) is 6.13. The van der Waals surface area contributed by atoms with Gasteiger partial charge in [-0.25, -0.2) is 13.4 Å². The van der Waals surface area contributed by atoms with Crippen molar-refractivity contribution in [3.63, 3.8) is 0 Å². The molecule has 0 radical (unpaired) electrons. The fraction of sp³-hybridized carbons (Fsp3) is 0.333. The molecular formula is C15H17N3O4S. The van der Waals surface area contributed by atoms with Gasteiger partial charge in [-0.3, -0.25) is 0 Å². The third-order valence-corrected chi connectivity index (χ3v) is 5.53. The number of hydrogen-bond donors (Lipinski definition) is 0. The van der Waals surface area contributed by atoms with Crippen molar-refractivity contribution in [2.75, 3.05) is 6.54 Å². The lowest BCUT2D eigenvalue weighted by Gasteiger charge is -2.19. The first kappa shape index (κ1) is 15.7. The van der Waals surface area contributed by atoms with Gasteiger partial charge in [-0.05, 0) is 18.6 Å². The lowest BCUT2D eigenvalue weighted by Crippen LogP contribution is -2.30. The van der Waals surface area contributed by atoms with E-state index in [-0.39, 0.29) is 11.4 Å². The zero-order valence-corrected chi connectivity index (χ0v) is 13.7. The van der Waals surface area contributed by atoms with Gasteiger partial charge in [0.2, 0.25) is 10.0 Å². The Kier molecular flexibility index (Phi) is 4.18. The molecule has 122 valence electrons. The third kappa shape index (κ3) is 2.87. The van der Waals surface area contributed by atoms with Crippen LogP contribution in [-0.2, 0) is 23.0 Å². The van der Waals surface area contributed by atoms with Gasteiger partial charge in [-0.1, -0.05) is 19.0 Å². The Labute approximate surface area is 133 Å². The maximum atomic E-state index is 12.9. The second-order valence-electron chi connectivity index (χ2n) is 5.07. The van der Waals surface area contributed by atoms with Gasteiger partial charge < -0.3 is 8.94 Å². The van der Waals surface area contributed by atoms with Crippen molar-refractivity contribution >= 4 is 21.1 Å². The molecule has 0 amide bonds. The summed E-state index contributed by atoms with van der Waals surface area (Å²) in [4.78, 5) is 4.21. The highest BCUT2D eigenvalue weighted by Crippen LogP contribution is 2.23.